The highest BCUT2D eigenvalue weighted by atomic mass is 19.4. The second-order valence-corrected chi connectivity index (χ2v) is 4.22. The SMILES string of the molecule is CCCC(C(=O)OCC)c1cccc(C(F)(F)F)c1. The van der Waals surface area contributed by atoms with Crippen molar-refractivity contribution in [3.05, 3.63) is 35.4 Å². The predicted molar refractivity (Wildman–Crippen MR) is 65.7 cm³/mol. The van der Waals surface area contributed by atoms with Gasteiger partial charge >= 0.3 is 12.1 Å². The standard InChI is InChI=1S/C14H17F3O2/c1-3-6-12(13(18)19-4-2)10-7-5-8-11(9-10)14(15,16)17/h5,7-9,12H,3-4,6H2,1-2H3. The average molecular weight is 274 g/mol. The highest BCUT2D eigenvalue weighted by Crippen LogP contribution is 2.32. The molecular formula is C14H17F3O2. The monoisotopic (exact) mass is 274 g/mol. The lowest BCUT2D eigenvalue weighted by Crippen LogP contribution is -2.17. The number of benzene rings is 1. The number of halogens is 3. The molecule has 0 amide bonds. The van der Waals surface area contributed by atoms with Gasteiger partial charge < -0.3 is 4.74 Å². The summed E-state index contributed by atoms with van der Waals surface area (Å²) in [6.07, 6.45) is -3.23. The molecule has 0 N–H and O–H groups in total. The van der Waals surface area contributed by atoms with Crippen LogP contribution in [0.5, 0.6) is 0 Å². The first-order chi connectivity index (χ1) is 8.90. The van der Waals surface area contributed by atoms with Gasteiger partial charge in [0, 0.05) is 0 Å². The Bertz CT molecular complexity index is 427. The summed E-state index contributed by atoms with van der Waals surface area (Å²) < 4.78 is 42.9. The molecule has 19 heavy (non-hydrogen) atoms. The third-order valence-electron chi connectivity index (χ3n) is 2.76. The molecule has 1 unspecified atom stereocenters. The number of carbonyl (C=O) groups is 1. The molecule has 5 heteroatoms. The van der Waals surface area contributed by atoms with Crippen LogP contribution in [0, 0.1) is 0 Å². The molecule has 0 aliphatic carbocycles. The number of hydrogen-bond donors (Lipinski definition) is 0. The maximum atomic E-state index is 12.7. The van der Waals surface area contributed by atoms with Crippen LogP contribution in [0.2, 0.25) is 0 Å². The molecule has 0 heterocycles. The molecular weight excluding hydrogens is 257 g/mol. The van der Waals surface area contributed by atoms with Gasteiger partial charge in [-0.2, -0.15) is 13.2 Å². The fraction of sp³-hybridized carbons (Fsp3) is 0.500. The van der Waals surface area contributed by atoms with Crippen molar-refractivity contribution >= 4 is 5.97 Å². The van der Waals surface area contributed by atoms with E-state index < -0.39 is 23.6 Å². The minimum absolute atomic E-state index is 0.220. The minimum atomic E-state index is -4.40. The normalized spacial score (nSPS) is 13.1. The van der Waals surface area contributed by atoms with Gasteiger partial charge in [0.05, 0.1) is 18.1 Å². The lowest BCUT2D eigenvalue weighted by atomic mass is 9.93. The average Bonchev–Trinajstić information content (AvgIpc) is 2.35. The molecule has 1 aromatic carbocycles. The molecule has 0 aromatic heterocycles. The Balaban J connectivity index is 3.06. The van der Waals surface area contributed by atoms with Crippen molar-refractivity contribution in [2.24, 2.45) is 0 Å². The summed E-state index contributed by atoms with van der Waals surface area (Å²) in [5.41, 5.74) is -0.384. The number of esters is 1. The van der Waals surface area contributed by atoms with E-state index in [0.29, 0.717) is 18.4 Å². The Kier molecular flexibility index (Phi) is 5.39. The molecule has 0 radical (unpaired) electrons. The fourth-order valence-electron chi connectivity index (χ4n) is 1.88. The summed E-state index contributed by atoms with van der Waals surface area (Å²) in [6.45, 7) is 3.77. The van der Waals surface area contributed by atoms with E-state index in [1.165, 1.54) is 12.1 Å². The molecule has 0 spiro atoms. The Labute approximate surface area is 110 Å². The Morgan fingerprint density at radius 3 is 2.53 bits per heavy atom. The summed E-state index contributed by atoms with van der Waals surface area (Å²) in [5, 5.41) is 0. The highest BCUT2D eigenvalue weighted by Gasteiger charge is 2.31. The zero-order valence-corrected chi connectivity index (χ0v) is 11.0. The number of ether oxygens (including phenoxy) is 1. The first-order valence-electron chi connectivity index (χ1n) is 6.24. The van der Waals surface area contributed by atoms with Crippen LogP contribution in [-0.4, -0.2) is 12.6 Å². The van der Waals surface area contributed by atoms with Gasteiger partial charge in [0.25, 0.3) is 0 Å². The van der Waals surface area contributed by atoms with Crippen molar-refractivity contribution in [1.82, 2.24) is 0 Å². The van der Waals surface area contributed by atoms with Crippen LogP contribution in [0.4, 0.5) is 13.2 Å². The maximum absolute atomic E-state index is 12.7. The van der Waals surface area contributed by atoms with E-state index in [1.807, 2.05) is 6.92 Å². The number of carbonyl (C=O) groups excluding carboxylic acids is 1. The second-order valence-electron chi connectivity index (χ2n) is 4.22. The third kappa shape index (κ3) is 4.26. The number of rotatable bonds is 5. The number of alkyl halides is 3. The summed E-state index contributed by atoms with van der Waals surface area (Å²) in [7, 11) is 0. The molecule has 0 aliphatic heterocycles. The van der Waals surface area contributed by atoms with Crippen LogP contribution in [-0.2, 0) is 15.7 Å². The largest absolute Gasteiger partial charge is 0.466 e. The third-order valence-corrected chi connectivity index (χ3v) is 2.76. The topological polar surface area (TPSA) is 26.3 Å². The first-order valence-corrected chi connectivity index (χ1v) is 6.24. The van der Waals surface area contributed by atoms with Crippen molar-refractivity contribution in [3.63, 3.8) is 0 Å². The van der Waals surface area contributed by atoms with Gasteiger partial charge in [0.1, 0.15) is 0 Å². The van der Waals surface area contributed by atoms with Crippen molar-refractivity contribution < 1.29 is 22.7 Å². The van der Waals surface area contributed by atoms with Gasteiger partial charge in [-0.1, -0.05) is 31.5 Å². The molecule has 0 saturated heterocycles. The van der Waals surface area contributed by atoms with Crippen LogP contribution in [0.1, 0.15) is 43.7 Å². The molecule has 0 aliphatic rings. The van der Waals surface area contributed by atoms with E-state index >= 15 is 0 Å². The van der Waals surface area contributed by atoms with Crippen molar-refractivity contribution in [2.75, 3.05) is 6.61 Å². The zero-order valence-electron chi connectivity index (χ0n) is 11.0. The van der Waals surface area contributed by atoms with E-state index in [2.05, 4.69) is 0 Å². The van der Waals surface area contributed by atoms with E-state index in [0.717, 1.165) is 12.1 Å². The second kappa shape index (κ2) is 6.59. The van der Waals surface area contributed by atoms with Crippen LogP contribution in [0.3, 0.4) is 0 Å². The van der Waals surface area contributed by atoms with Gasteiger partial charge in [0.2, 0.25) is 0 Å². The summed E-state index contributed by atoms with van der Waals surface area (Å²) in [4.78, 5) is 11.8. The van der Waals surface area contributed by atoms with Gasteiger partial charge in [0.15, 0.2) is 0 Å². The minimum Gasteiger partial charge on any atom is -0.466 e. The molecule has 1 atom stereocenters. The number of hydrogen-bond acceptors (Lipinski definition) is 2. The van der Waals surface area contributed by atoms with E-state index in [4.69, 9.17) is 4.74 Å². The molecule has 0 fully saturated rings. The van der Waals surface area contributed by atoms with Crippen LogP contribution >= 0.6 is 0 Å². The lowest BCUT2D eigenvalue weighted by Gasteiger charge is -2.16. The molecule has 0 saturated carbocycles. The Hall–Kier alpha value is -1.52. The van der Waals surface area contributed by atoms with Crippen LogP contribution in [0.25, 0.3) is 0 Å². The fourth-order valence-corrected chi connectivity index (χ4v) is 1.88. The predicted octanol–water partition coefficient (Wildman–Crippen LogP) is 4.15. The molecule has 2 nitrogen and oxygen atoms in total. The first kappa shape index (κ1) is 15.5. The molecule has 106 valence electrons. The van der Waals surface area contributed by atoms with Crippen molar-refractivity contribution in [2.45, 2.75) is 38.8 Å². The van der Waals surface area contributed by atoms with Gasteiger partial charge in [-0.3, -0.25) is 4.79 Å². The molecule has 0 bridgehead atoms. The summed E-state index contributed by atoms with van der Waals surface area (Å²) in [6, 6.07) is 4.88. The van der Waals surface area contributed by atoms with E-state index in [1.54, 1.807) is 6.92 Å². The van der Waals surface area contributed by atoms with Gasteiger partial charge in [-0.25, -0.2) is 0 Å². The lowest BCUT2D eigenvalue weighted by molar-refractivity contribution is -0.145. The Morgan fingerprint density at radius 2 is 2.00 bits per heavy atom. The van der Waals surface area contributed by atoms with Crippen LogP contribution in [0.15, 0.2) is 24.3 Å². The van der Waals surface area contributed by atoms with Crippen molar-refractivity contribution in [1.29, 1.82) is 0 Å². The van der Waals surface area contributed by atoms with E-state index in [9.17, 15) is 18.0 Å². The maximum Gasteiger partial charge on any atom is 0.416 e. The Morgan fingerprint density at radius 1 is 1.32 bits per heavy atom. The zero-order chi connectivity index (χ0) is 14.5. The quantitative estimate of drug-likeness (QED) is 0.754. The molecule has 1 rings (SSSR count). The smallest absolute Gasteiger partial charge is 0.416 e. The summed E-state index contributed by atoms with van der Waals surface area (Å²) in [5.74, 6) is -1.10. The van der Waals surface area contributed by atoms with Gasteiger partial charge in [-0.15, -0.1) is 0 Å². The highest BCUT2D eigenvalue weighted by molar-refractivity contribution is 5.78. The summed E-state index contributed by atoms with van der Waals surface area (Å²) >= 11 is 0. The van der Waals surface area contributed by atoms with Crippen LogP contribution < -0.4 is 0 Å². The van der Waals surface area contributed by atoms with E-state index in [-0.39, 0.29) is 6.61 Å². The van der Waals surface area contributed by atoms with Gasteiger partial charge in [-0.05, 0) is 25.0 Å². The van der Waals surface area contributed by atoms with Crippen molar-refractivity contribution in [3.8, 4) is 0 Å². The molecule has 1 aromatic rings.